The minimum absolute atomic E-state index is 0.213. The van der Waals surface area contributed by atoms with Gasteiger partial charge >= 0.3 is 0 Å². The van der Waals surface area contributed by atoms with Gasteiger partial charge in [-0.05, 0) is 61.9 Å². The lowest BCUT2D eigenvalue weighted by atomic mass is 9.94. The summed E-state index contributed by atoms with van der Waals surface area (Å²) in [5.74, 6) is -1.29. The number of nitrogens with one attached hydrogen (secondary N) is 1. The van der Waals surface area contributed by atoms with E-state index in [1.54, 1.807) is 20.0 Å². The van der Waals surface area contributed by atoms with Crippen molar-refractivity contribution in [2.45, 2.75) is 19.9 Å². The SMILES string of the molecule is CNC(c1ccc(F)cc1C)c1cc(F)c(C)cc1F. The Morgan fingerprint density at radius 3 is 2.15 bits per heavy atom. The summed E-state index contributed by atoms with van der Waals surface area (Å²) in [5.41, 5.74) is 1.88. The second kappa shape index (κ2) is 5.67. The predicted molar refractivity (Wildman–Crippen MR) is 73.1 cm³/mol. The third-order valence-corrected chi connectivity index (χ3v) is 3.42. The number of aryl methyl sites for hydroxylation is 2. The summed E-state index contributed by atoms with van der Waals surface area (Å²) in [6, 6.07) is 6.12. The lowest BCUT2D eigenvalue weighted by Crippen LogP contribution is -2.20. The Balaban J connectivity index is 2.55. The second-order valence-electron chi connectivity index (χ2n) is 4.85. The fourth-order valence-corrected chi connectivity index (χ4v) is 2.32. The molecule has 4 heteroatoms. The van der Waals surface area contributed by atoms with Gasteiger partial charge in [-0.25, -0.2) is 13.2 Å². The van der Waals surface area contributed by atoms with Gasteiger partial charge in [0, 0.05) is 5.56 Å². The van der Waals surface area contributed by atoms with Crippen LogP contribution in [0.1, 0.15) is 28.3 Å². The van der Waals surface area contributed by atoms with Crippen molar-refractivity contribution in [2.75, 3.05) is 7.05 Å². The first-order valence-electron chi connectivity index (χ1n) is 6.33. The van der Waals surface area contributed by atoms with Crippen LogP contribution in [-0.2, 0) is 0 Å². The largest absolute Gasteiger partial charge is 0.309 e. The summed E-state index contributed by atoms with van der Waals surface area (Å²) in [4.78, 5) is 0. The van der Waals surface area contributed by atoms with Crippen LogP contribution >= 0.6 is 0 Å². The summed E-state index contributed by atoms with van der Waals surface area (Å²) < 4.78 is 40.9. The quantitative estimate of drug-likeness (QED) is 0.894. The number of hydrogen-bond donors (Lipinski definition) is 1. The van der Waals surface area contributed by atoms with E-state index in [4.69, 9.17) is 0 Å². The van der Waals surface area contributed by atoms with Crippen LogP contribution in [0.4, 0.5) is 13.2 Å². The van der Waals surface area contributed by atoms with E-state index >= 15 is 0 Å². The zero-order valence-electron chi connectivity index (χ0n) is 11.6. The first kappa shape index (κ1) is 14.6. The zero-order chi connectivity index (χ0) is 14.9. The van der Waals surface area contributed by atoms with Crippen molar-refractivity contribution in [3.05, 3.63) is 70.0 Å². The molecule has 1 nitrogen and oxygen atoms in total. The Labute approximate surface area is 116 Å². The number of hydrogen-bond acceptors (Lipinski definition) is 1. The normalized spacial score (nSPS) is 12.5. The summed E-state index contributed by atoms with van der Waals surface area (Å²) in [7, 11) is 1.66. The summed E-state index contributed by atoms with van der Waals surface area (Å²) in [6.07, 6.45) is 0. The Morgan fingerprint density at radius 2 is 1.55 bits per heavy atom. The number of halogens is 3. The Morgan fingerprint density at radius 1 is 0.850 bits per heavy atom. The van der Waals surface area contributed by atoms with Gasteiger partial charge < -0.3 is 5.32 Å². The van der Waals surface area contributed by atoms with Crippen LogP contribution in [0.25, 0.3) is 0 Å². The molecule has 1 atom stereocenters. The van der Waals surface area contributed by atoms with Gasteiger partial charge in [0.1, 0.15) is 17.5 Å². The smallest absolute Gasteiger partial charge is 0.128 e. The topological polar surface area (TPSA) is 12.0 Å². The van der Waals surface area contributed by atoms with Gasteiger partial charge in [0.15, 0.2) is 0 Å². The number of benzene rings is 2. The van der Waals surface area contributed by atoms with Gasteiger partial charge in [-0.2, -0.15) is 0 Å². The van der Waals surface area contributed by atoms with Gasteiger partial charge in [0.2, 0.25) is 0 Å². The van der Waals surface area contributed by atoms with Crippen molar-refractivity contribution < 1.29 is 13.2 Å². The van der Waals surface area contributed by atoms with Crippen LogP contribution in [0.3, 0.4) is 0 Å². The summed E-state index contributed by atoms with van der Waals surface area (Å²) in [5, 5.41) is 2.95. The average Bonchev–Trinajstić information content (AvgIpc) is 2.38. The molecule has 0 bridgehead atoms. The van der Waals surface area contributed by atoms with Gasteiger partial charge in [-0.3, -0.25) is 0 Å². The van der Waals surface area contributed by atoms with Crippen LogP contribution in [0.15, 0.2) is 30.3 Å². The van der Waals surface area contributed by atoms with Crippen molar-refractivity contribution in [3.8, 4) is 0 Å². The molecule has 2 rings (SSSR count). The molecule has 0 aliphatic rings. The van der Waals surface area contributed by atoms with E-state index < -0.39 is 17.7 Å². The lowest BCUT2D eigenvalue weighted by Gasteiger charge is -2.20. The van der Waals surface area contributed by atoms with Crippen molar-refractivity contribution in [2.24, 2.45) is 0 Å². The lowest BCUT2D eigenvalue weighted by molar-refractivity contribution is 0.552. The van der Waals surface area contributed by atoms with E-state index in [2.05, 4.69) is 5.32 Å². The maximum Gasteiger partial charge on any atom is 0.128 e. The molecule has 106 valence electrons. The highest BCUT2D eigenvalue weighted by molar-refractivity contribution is 5.39. The third kappa shape index (κ3) is 2.70. The highest BCUT2D eigenvalue weighted by atomic mass is 19.1. The van der Waals surface area contributed by atoms with Crippen molar-refractivity contribution >= 4 is 0 Å². The molecule has 0 saturated carbocycles. The average molecular weight is 279 g/mol. The molecule has 0 aliphatic heterocycles. The molecule has 2 aromatic rings. The number of rotatable bonds is 3. The monoisotopic (exact) mass is 279 g/mol. The molecule has 0 saturated heterocycles. The standard InChI is InChI=1S/C16H16F3N/c1-9-6-11(17)4-5-12(9)16(20-3)13-8-14(18)10(2)7-15(13)19/h4-8,16,20H,1-3H3. The van der Waals surface area contributed by atoms with E-state index in [1.165, 1.54) is 31.2 Å². The molecular formula is C16H16F3N. The predicted octanol–water partition coefficient (Wildman–Crippen LogP) is 4.03. The molecule has 0 heterocycles. The van der Waals surface area contributed by atoms with Crippen LogP contribution in [0.5, 0.6) is 0 Å². The third-order valence-electron chi connectivity index (χ3n) is 3.42. The Kier molecular flexibility index (Phi) is 4.14. The van der Waals surface area contributed by atoms with Crippen LogP contribution < -0.4 is 5.32 Å². The van der Waals surface area contributed by atoms with Crippen molar-refractivity contribution in [1.29, 1.82) is 0 Å². The minimum atomic E-state index is -0.523. The van der Waals surface area contributed by atoms with Crippen LogP contribution in [0, 0.1) is 31.3 Å². The zero-order valence-corrected chi connectivity index (χ0v) is 11.6. The Bertz CT molecular complexity index is 638. The molecule has 20 heavy (non-hydrogen) atoms. The molecule has 0 radical (unpaired) electrons. The molecule has 1 N–H and O–H groups in total. The molecule has 0 spiro atoms. The molecule has 0 fully saturated rings. The molecule has 0 aliphatic carbocycles. The first-order valence-corrected chi connectivity index (χ1v) is 6.33. The minimum Gasteiger partial charge on any atom is -0.309 e. The van der Waals surface area contributed by atoms with Gasteiger partial charge in [-0.1, -0.05) is 6.07 Å². The summed E-state index contributed by atoms with van der Waals surface area (Å²) in [6.45, 7) is 3.25. The highest BCUT2D eigenvalue weighted by Gasteiger charge is 2.20. The van der Waals surface area contributed by atoms with Gasteiger partial charge in [0.05, 0.1) is 6.04 Å². The maximum atomic E-state index is 14.1. The fourth-order valence-electron chi connectivity index (χ4n) is 2.32. The van der Waals surface area contributed by atoms with E-state index in [9.17, 15) is 13.2 Å². The molecule has 0 amide bonds. The molecule has 1 unspecified atom stereocenters. The van der Waals surface area contributed by atoms with E-state index in [0.717, 1.165) is 5.56 Å². The van der Waals surface area contributed by atoms with E-state index in [0.29, 0.717) is 5.56 Å². The molecular weight excluding hydrogens is 263 g/mol. The van der Waals surface area contributed by atoms with Crippen molar-refractivity contribution in [1.82, 2.24) is 5.32 Å². The summed E-state index contributed by atoms with van der Waals surface area (Å²) >= 11 is 0. The molecule has 0 aromatic heterocycles. The van der Waals surface area contributed by atoms with Gasteiger partial charge in [-0.15, -0.1) is 0 Å². The van der Waals surface area contributed by atoms with Crippen molar-refractivity contribution in [3.63, 3.8) is 0 Å². The Hall–Kier alpha value is -1.81. The van der Waals surface area contributed by atoms with E-state index in [-0.39, 0.29) is 16.9 Å². The fraction of sp³-hybridized carbons (Fsp3) is 0.250. The highest BCUT2D eigenvalue weighted by Crippen LogP contribution is 2.28. The van der Waals surface area contributed by atoms with Crippen LogP contribution in [0.2, 0.25) is 0 Å². The maximum absolute atomic E-state index is 14.1. The van der Waals surface area contributed by atoms with Crippen LogP contribution in [-0.4, -0.2) is 7.05 Å². The molecule has 2 aromatic carbocycles. The van der Waals surface area contributed by atoms with E-state index in [1.807, 2.05) is 0 Å². The van der Waals surface area contributed by atoms with Gasteiger partial charge in [0.25, 0.3) is 0 Å². The first-order chi connectivity index (χ1) is 9.43. The second-order valence-corrected chi connectivity index (χ2v) is 4.85.